The van der Waals surface area contributed by atoms with Crippen LogP contribution in [0, 0.1) is 0 Å². The SMILES string of the molecule is CCC(=O)N1C(C(=O)NCCN2CCCC2)CSC1c1ccoc1. The van der Waals surface area contributed by atoms with Crippen LogP contribution in [0.3, 0.4) is 0 Å². The minimum atomic E-state index is -0.402. The molecule has 0 aromatic carbocycles. The lowest BCUT2D eigenvalue weighted by Crippen LogP contribution is -2.49. The molecule has 0 saturated carbocycles. The van der Waals surface area contributed by atoms with Crippen molar-refractivity contribution in [3.8, 4) is 0 Å². The van der Waals surface area contributed by atoms with Gasteiger partial charge in [0.1, 0.15) is 11.4 Å². The van der Waals surface area contributed by atoms with Gasteiger partial charge in [0.05, 0.1) is 12.5 Å². The van der Waals surface area contributed by atoms with Gasteiger partial charge in [-0.25, -0.2) is 0 Å². The summed E-state index contributed by atoms with van der Waals surface area (Å²) in [5.41, 5.74) is 0.939. The second kappa shape index (κ2) is 8.07. The van der Waals surface area contributed by atoms with E-state index in [2.05, 4.69) is 10.2 Å². The highest BCUT2D eigenvalue weighted by Crippen LogP contribution is 2.41. The number of hydrogen-bond acceptors (Lipinski definition) is 5. The first-order valence-electron chi connectivity index (χ1n) is 8.65. The van der Waals surface area contributed by atoms with Gasteiger partial charge < -0.3 is 19.5 Å². The number of carbonyl (C=O) groups is 2. The molecule has 2 unspecified atom stereocenters. The average molecular weight is 351 g/mol. The van der Waals surface area contributed by atoms with Gasteiger partial charge in [0.15, 0.2) is 0 Å². The van der Waals surface area contributed by atoms with Gasteiger partial charge in [-0.05, 0) is 32.0 Å². The second-order valence-electron chi connectivity index (χ2n) is 6.25. The molecule has 1 aromatic heterocycles. The summed E-state index contributed by atoms with van der Waals surface area (Å²) in [6.07, 6.45) is 6.15. The summed E-state index contributed by atoms with van der Waals surface area (Å²) < 4.78 is 5.15. The number of likely N-dealkylation sites (tertiary alicyclic amines) is 1. The van der Waals surface area contributed by atoms with E-state index < -0.39 is 6.04 Å². The Morgan fingerprint density at radius 2 is 2.17 bits per heavy atom. The summed E-state index contributed by atoms with van der Waals surface area (Å²) in [5.74, 6) is 0.581. The average Bonchev–Trinajstić information content (AvgIpc) is 3.32. The number of nitrogens with one attached hydrogen (secondary N) is 1. The molecule has 0 aliphatic carbocycles. The van der Waals surface area contributed by atoms with Gasteiger partial charge in [-0.2, -0.15) is 0 Å². The van der Waals surface area contributed by atoms with Crippen molar-refractivity contribution in [3.63, 3.8) is 0 Å². The maximum absolute atomic E-state index is 12.6. The molecule has 2 amide bonds. The van der Waals surface area contributed by atoms with Crippen molar-refractivity contribution >= 4 is 23.6 Å². The van der Waals surface area contributed by atoms with Crippen LogP contribution >= 0.6 is 11.8 Å². The predicted molar refractivity (Wildman–Crippen MR) is 93.5 cm³/mol. The predicted octanol–water partition coefficient (Wildman–Crippen LogP) is 1.84. The molecule has 3 heterocycles. The third-order valence-electron chi connectivity index (χ3n) is 4.65. The number of hydrogen-bond donors (Lipinski definition) is 1. The topological polar surface area (TPSA) is 65.8 Å². The molecule has 0 radical (unpaired) electrons. The molecule has 2 atom stereocenters. The quantitative estimate of drug-likeness (QED) is 0.847. The monoisotopic (exact) mass is 351 g/mol. The van der Waals surface area contributed by atoms with Crippen molar-refractivity contribution < 1.29 is 14.0 Å². The molecule has 0 bridgehead atoms. The Labute approximate surface area is 146 Å². The van der Waals surface area contributed by atoms with Crippen LogP contribution in [-0.2, 0) is 9.59 Å². The van der Waals surface area contributed by atoms with Crippen molar-refractivity contribution in [2.75, 3.05) is 31.9 Å². The van der Waals surface area contributed by atoms with Crippen molar-refractivity contribution in [3.05, 3.63) is 24.2 Å². The number of furan rings is 1. The summed E-state index contributed by atoms with van der Waals surface area (Å²) >= 11 is 1.62. The molecule has 7 heteroatoms. The number of nitrogens with zero attached hydrogens (tertiary/aromatic N) is 2. The van der Waals surface area contributed by atoms with E-state index in [-0.39, 0.29) is 17.2 Å². The van der Waals surface area contributed by atoms with Gasteiger partial charge in [-0.15, -0.1) is 11.8 Å². The third kappa shape index (κ3) is 3.78. The highest BCUT2D eigenvalue weighted by atomic mass is 32.2. The lowest BCUT2D eigenvalue weighted by Gasteiger charge is -2.28. The Morgan fingerprint density at radius 3 is 2.83 bits per heavy atom. The standard InChI is InChI=1S/C17H25N3O3S/c1-2-15(21)20-14(12-24-17(20)13-5-10-23-11-13)16(22)18-6-9-19-7-3-4-8-19/h5,10-11,14,17H,2-4,6-9,12H2,1H3,(H,18,22). The molecule has 0 spiro atoms. The van der Waals surface area contributed by atoms with Crippen LogP contribution in [0.5, 0.6) is 0 Å². The number of rotatable bonds is 6. The van der Waals surface area contributed by atoms with Crippen LogP contribution in [-0.4, -0.2) is 59.6 Å². The number of carbonyl (C=O) groups excluding carboxylic acids is 2. The van der Waals surface area contributed by atoms with Crippen LogP contribution in [0.25, 0.3) is 0 Å². The van der Waals surface area contributed by atoms with E-state index in [4.69, 9.17) is 4.42 Å². The summed E-state index contributed by atoms with van der Waals surface area (Å²) in [5, 5.41) is 2.88. The zero-order valence-corrected chi connectivity index (χ0v) is 14.9. The normalized spacial score (nSPS) is 24.5. The second-order valence-corrected chi connectivity index (χ2v) is 7.37. The molecule has 1 aromatic rings. The Kier molecular flexibility index (Phi) is 5.84. The minimum Gasteiger partial charge on any atom is -0.472 e. The maximum atomic E-state index is 12.6. The van der Waals surface area contributed by atoms with Crippen LogP contribution in [0.15, 0.2) is 23.0 Å². The van der Waals surface area contributed by atoms with Crippen molar-refractivity contribution in [1.82, 2.24) is 15.1 Å². The van der Waals surface area contributed by atoms with Gasteiger partial charge in [-0.3, -0.25) is 9.59 Å². The molecule has 24 heavy (non-hydrogen) atoms. The first-order chi connectivity index (χ1) is 11.7. The first-order valence-corrected chi connectivity index (χ1v) is 9.70. The van der Waals surface area contributed by atoms with Crippen molar-refractivity contribution in [2.24, 2.45) is 0 Å². The largest absolute Gasteiger partial charge is 0.472 e. The Hall–Kier alpha value is -1.47. The fourth-order valence-corrected chi connectivity index (χ4v) is 4.76. The van der Waals surface area contributed by atoms with Gasteiger partial charge in [0.25, 0.3) is 0 Å². The van der Waals surface area contributed by atoms with Crippen LogP contribution in [0.1, 0.15) is 37.1 Å². The summed E-state index contributed by atoms with van der Waals surface area (Å²) in [7, 11) is 0. The molecule has 2 fully saturated rings. The molecule has 1 N–H and O–H groups in total. The van der Waals surface area contributed by atoms with E-state index >= 15 is 0 Å². The maximum Gasteiger partial charge on any atom is 0.243 e. The lowest BCUT2D eigenvalue weighted by atomic mass is 10.2. The zero-order valence-electron chi connectivity index (χ0n) is 14.1. The van der Waals surface area contributed by atoms with Gasteiger partial charge >= 0.3 is 0 Å². The highest BCUT2D eigenvalue weighted by molar-refractivity contribution is 7.99. The summed E-state index contributed by atoms with van der Waals surface area (Å²) in [4.78, 5) is 29.1. The summed E-state index contributed by atoms with van der Waals surface area (Å²) in [6.45, 7) is 5.61. The van der Waals surface area contributed by atoms with E-state index in [1.54, 1.807) is 29.2 Å². The van der Waals surface area contributed by atoms with E-state index in [0.29, 0.717) is 18.7 Å². The van der Waals surface area contributed by atoms with Gasteiger partial charge in [-0.1, -0.05) is 6.92 Å². The van der Waals surface area contributed by atoms with Gasteiger partial charge in [0, 0.05) is 30.8 Å². The fourth-order valence-electron chi connectivity index (χ4n) is 3.33. The number of amides is 2. The molecular formula is C17H25N3O3S. The minimum absolute atomic E-state index is 0.00546. The van der Waals surface area contributed by atoms with E-state index in [9.17, 15) is 9.59 Å². The molecule has 2 aliphatic heterocycles. The number of thioether (sulfide) groups is 1. The highest BCUT2D eigenvalue weighted by Gasteiger charge is 2.41. The molecule has 2 saturated heterocycles. The summed E-state index contributed by atoms with van der Waals surface area (Å²) in [6, 6.07) is 1.46. The van der Waals surface area contributed by atoms with Crippen LogP contribution in [0.4, 0.5) is 0 Å². The van der Waals surface area contributed by atoms with Crippen LogP contribution < -0.4 is 5.32 Å². The smallest absolute Gasteiger partial charge is 0.243 e. The Bertz CT molecular complexity index is 557. The fraction of sp³-hybridized carbons (Fsp3) is 0.647. The lowest BCUT2D eigenvalue weighted by molar-refractivity contribution is -0.139. The zero-order chi connectivity index (χ0) is 16.9. The molecule has 6 nitrogen and oxygen atoms in total. The van der Waals surface area contributed by atoms with E-state index in [1.165, 1.54) is 12.8 Å². The molecule has 2 aliphatic rings. The third-order valence-corrected chi connectivity index (χ3v) is 5.97. The van der Waals surface area contributed by atoms with E-state index in [1.807, 2.05) is 13.0 Å². The van der Waals surface area contributed by atoms with Crippen molar-refractivity contribution in [1.29, 1.82) is 0 Å². The molecule has 132 valence electrons. The first kappa shape index (κ1) is 17.4. The Morgan fingerprint density at radius 1 is 1.38 bits per heavy atom. The Balaban J connectivity index is 1.60. The van der Waals surface area contributed by atoms with E-state index in [0.717, 1.165) is 25.2 Å². The molecule has 3 rings (SSSR count). The van der Waals surface area contributed by atoms with Crippen molar-refractivity contribution in [2.45, 2.75) is 37.6 Å². The van der Waals surface area contributed by atoms with Crippen LogP contribution in [0.2, 0.25) is 0 Å². The molecular weight excluding hydrogens is 326 g/mol. The van der Waals surface area contributed by atoms with Gasteiger partial charge in [0.2, 0.25) is 11.8 Å².